The number of allylic oxidation sites excluding steroid dienone is 3. The Morgan fingerprint density at radius 3 is 2.68 bits per heavy atom. The first-order valence-electron chi connectivity index (χ1n) is 12.8. The minimum absolute atomic E-state index is 0.595. The van der Waals surface area contributed by atoms with Gasteiger partial charge in [0.15, 0.2) is 0 Å². The predicted molar refractivity (Wildman–Crippen MR) is 122 cm³/mol. The van der Waals surface area contributed by atoms with Crippen molar-refractivity contribution in [1.29, 1.82) is 0 Å². The highest BCUT2D eigenvalue weighted by molar-refractivity contribution is 5.27. The number of hydrogen-bond acceptors (Lipinski definition) is 0. The second kappa shape index (κ2) is 7.96. The van der Waals surface area contributed by atoms with Crippen molar-refractivity contribution in [1.82, 2.24) is 0 Å². The molecule has 0 bridgehead atoms. The molecule has 0 heteroatoms. The zero-order chi connectivity index (χ0) is 19.9. The summed E-state index contributed by atoms with van der Waals surface area (Å²) in [6.45, 7) is 14.1. The second-order valence-electron chi connectivity index (χ2n) is 11.6. The lowest BCUT2D eigenvalue weighted by Gasteiger charge is -2.58. The van der Waals surface area contributed by atoms with Crippen LogP contribution in [0.4, 0.5) is 0 Å². The van der Waals surface area contributed by atoms with Gasteiger partial charge in [-0.05, 0) is 111 Å². The summed E-state index contributed by atoms with van der Waals surface area (Å²) in [5.41, 5.74) is 4.70. The molecule has 0 spiro atoms. The van der Waals surface area contributed by atoms with Crippen LogP contribution in [0.3, 0.4) is 0 Å². The van der Waals surface area contributed by atoms with Gasteiger partial charge in [-0.25, -0.2) is 0 Å². The zero-order valence-corrected chi connectivity index (χ0v) is 19.4. The van der Waals surface area contributed by atoms with E-state index in [2.05, 4.69) is 40.3 Å². The van der Waals surface area contributed by atoms with Gasteiger partial charge in [0.1, 0.15) is 0 Å². The zero-order valence-electron chi connectivity index (χ0n) is 19.4. The summed E-state index contributed by atoms with van der Waals surface area (Å²) in [4.78, 5) is 0. The summed E-state index contributed by atoms with van der Waals surface area (Å²) >= 11 is 0. The molecule has 0 nitrogen and oxygen atoms in total. The predicted octanol–water partition coefficient (Wildman–Crippen LogP) is 8.73. The maximum absolute atomic E-state index is 4.32. The van der Waals surface area contributed by atoms with Crippen LogP contribution in [-0.4, -0.2) is 0 Å². The van der Waals surface area contributed by atoms with Gasteiger partial charge < -0.3 is 0 Å². The van der Waals surface area contributed by atoms with Crippen LogP contribution in [0.2, 0.25) is 0 Å². The number of hydrogen-bond donors (Lipinski definition) is 0. The first-order valence-corrected chi connectivity index (χ1v) is 12.8. The minimum atomic E-state index is 0.595. The van der Waals surface area contributed by atoms with Gasteiger partial charge in [0.25, 0.3) is 0 Å². The monoisotopic (exact) mass is 382 g/mol. The Balaban J connectivity index is 1.48. The molecule has 6 unspecified atom stereocenters. The van der Waals surface area contributed by atoms with Crippen LogP contribution in [0.25, 0.3) is 0 Å². The maximum Gasteiger partial charge on any atom is -0.0141 e. The molecule has 0 aromatic carbocycles. The Hall–Kier alpha value is -0.520. The first kappa shape index (κ1) is 20.7. The van der Waals surface area contributed by atoms with Crippen molar-refractivity contribution >= 4 is 0 Å². The lowest BCUT2D eigenvalue weighted by atomic mass is 9.47. The highest BCUT2D eigenvalue weighted by Crippen LogP contribution is 2.67. The van der Waals surface area contributed by atoms with Crippen LogP contribution in [0.15, 0.2) is 23.8 Å². The molecule has 4 rings (SSSR count). The molecular weight excluding hydrogens is 336 g/mol. The van der Waals surface area contributed by atoms with Crippen molar-refractivity contribution in [3.05, 3.63) is 23.8 Å². The molecule has 28 heavy (non-hydrogen) atoms. The Bertz CT molecular complexity index is 610. The minimum Gasteiger partial charge on any atom is -0.0996 e. The second-order valence-corrected chi connectivity index (χ2v) is 11.6. The smallest absolute Gasteiger partial charge is 0.0141 e. The molecule has 0 aliphatic heterocycles. The third kappa shape index (κ3) is 3.26. The van der Waals surface area contributed by atoms with Crippen molar-refractivity contribution in [2.45, 2.75) is 111 Å². The van der Waals surface area contributed by atoms with Gasteiger partial charge in [0.2, 0.25) is 0 Å². The average Bonchev–Trinajstić information content (AvgIpc) is 3.03. The van der Waals surface area contributed by atoms with Crippen LogP contribution in [0.5, 0.6) is 0 Å². The highest BCUT2D eigenvalue weighted by Gasteiger charge is 2.57. The van der Waals surface area contributed by atoms with Crippen molar-refractivity contribution in [2.75, 3.05) is 0 Å². The van der Waals surface area contributed by atoms with E-state index in [0.29, 0.717) is 16.7 Å². The Morgan fingerprint density at radius 1 is 1.11 bits per heavy atom. The molecule has 0 radical (unpaired) electrons. The lowest BCUT2D eigenvalue weighted by molar-refractivity contribution is -0.0184. The van der Waals surface area contributed by atoms with Crippen molar-refractivity contribution in [2.24, 2.45) is 40.4 Å². The fourth-order valence-electron chi connectivity index (χ4n) is 8.48. The Morgan fingerprint density at radius 2 is 1.93 bits per heavy atom. The topological polar surface area (TPSA) is 0 Å². The van der Waals surface area contributed by atoms with Crippen molar-refractivity contribution < 1.29 is 0 Å². The molecule has 3 fully saturated rings. The van der Waals surface area contributed by atoms with Crippen LogP contribution in [0.1, 0.15) is 111 Å². The van der Waals surface area contributed by atoms with E-state index < -0.39 is 0 Å². The molecule has 6 atom stereocenters. The van der Waals surface area contributed by atoms with E-state index in [0.717, 1.165) is 23.7 Å². The summed E-state index contributed by atoms with van der Waals surface area (Å²) in [6.07, 6.45) is 21.7. The standard InChI is InChI=1S/C28H46/c1-6-28-18-8-7-11-23(28)13-15-24-25-16-14-22(12-9-10-21(4)20(2)3)27(25,5)19-17-26(24)28/h15,20,22-23,25-26H,4,6-14,16-19H2,1-3,5H3. The van der Waals surface area contributed by atoms with Crippen LogP contribution < -0.4 is 0 Å². The molecule has 0 aromatic heterocycles. The summed E-state index contributed by atoms with van der Waals surface area (Å²) in [7, 11) is 0. The van der Waals surface area contributed by atoms with Crippen LogP contribution in [0, 0.1) is 40.4 Å². The van der Waals surface area contributed by atoms with E-state index in [1.54, 1.807) is 0 Å². The third-order valence-corrected chi connectivity index (χ3v) is 10.4. The van der Waals surface area contributed by atoms with Gasteiger partial charge in [-0.2, -0.15) is 0 Å². The lowest BCUT2D eigenvalue weighted by Crippen LogP contribution is -2.49. The van der Waals surface area contributed by atoms with E-state index >= 15 is 0 Å². The molecule has 0 heterocycles. The maximum atomic E-state index is 4.32. The van der Waals surface area contributed by atoms with E-state index in [9.17, 15) is 0 Å². The molecule has 4 aliphatic carbocycles. The van der Waals surface area contributed by atoms with Gasteiger partial charge in [-0.15, -0.1) is 0 Å². The SMILES string of the molecule is C=C(CCCC1CCC2C3=CCC4CCCCC4(CC)C3CCC12C)C(C)C. The van der Waals surface area contributed by atoms with Crippen molar-refractivity contribution in [3.63, 3.8) is 0 Å². The van der Waals surface area contributed by atoms with Gasteiger partial charge in [-0.1, -0.05) is 64.3 Å². The third-order valence-electron chi connectivity index (χ3n) is 10.4. The average molecular weight is 383 g/mol. The molecule has 0 aromatic rings. The van der Waals surface area contributed by atoms with E-state index in [-0.39, 0.29) is 0 Å². The van der Waals surface area contributed by atoms with Gasteiger partial charge in [0.05, 0.1) is 0 Å². The Labute approximate surface area is 175 Å². The Kier molecular flexibility index (Phi) is 5.89. The molecule has 158 valence electrons. The van der Waals surface area contributed by atoms with Crippen LogP contribution >= 0.6 is 0 Å². The molecule has 0 saturated heterocycles. The number of fused-ring (bicyclic) bond motifs is 5. The molecule has 3 saturated carbocycles. The summed E-state index contributed by atoms with van der Waals surface area (Å²) in [5, 5.41) is 0. The van der Waals surface area contributed by atoms with Gasteiger partial charge in [0, 0.05) is 0 Å². The van der Waals surface area contributed by atoms with E-state index in [1.807, 2.05) is 5.57 Å². The highest BCUT2D eigenvalue weighted by atomic mass is 14.6. The van der Waals surface area contributed by atoms with E-state index in [4.69, 9.17) is 0 Å². The fourth-order valence-corrected chi connectivity index (χ4v) is 8.48. The van der Waals surface area contributed by atoms with Gasteiger partial charge in [-0.3, -0.25) is 0 Å². The summed E-state index contributed by atoms with van der Waals surface area (Å²) in [5.74, 6) is 4.47. The first-order chi connectivity index (χ1) is 13.4. The summed E-state index contributed by atoms with van der Waals surface area (Å²) < 4.78 is 0. The molecule has 4 aliphatic rings. The molecular formula is C28H46. The normalized spacial score (nSPS) is 42.5. The number of rotatable bonds is 6. The molecule has 0 amide bonds. The summed E-state index contributed by atoms with van der Waals surface area (Å²) in [6, 6.07) is 0. The van der Waals surface area contributed by atoms with E-state index in [1.165, 1.54) is 89.0 Å². The fraction of sp³-hybridized carbons (Fsp3) is 0.857. The quantitative estimate of drug-likeness (QED) is 0.403. The largest absolute Gasteiger partial charge is 0.0996 e. The van der Waals surface area contributed by atoms with Crippen molar-refractivity contribution in [3.8, 4) is 0 Å². The van der Waals surface area contributed by atoms with Gasteiger partial charge >= 0.3 is 0 Å². The molecule has 0 N–H and O–H groups in total. The van der Waals surface area contributed by atoms with Crippen LogP contribution in [-0.2, 0) is 0 Å².